The van der Waals surface area contributed by atoms with Crippen molar-refractivity contribution in [1.82, 2.24) is 25.0 Å². The molecule has 4 heterocycles. The molecule has 2 aromatic rings. The Morgan fingerprint density at radius 3 is 2.87 bits per heavy atom. The average Bonchev–Trinajstić information content (AvgIpc) is 3.11. The maximum Gasteiger partial charge on any atom is 0.263 e. The van der Waals surface area contributed by atoms with Gasteiger partial charge in [-0.2, -0.15) is 5.10 Å². The van der Waals surface area contributed by atoms with E-state index >= 15 is 0 Å². The molecule has 0 aromatic carbocycles. The number of H-pyrrole nitrogens is 1. The van der Waals surface area contributed by atoms with Crippen LogP contribution in [0.25, 0.3) is 0 Å². The van der Waals surface area contributed by atoms with Gasteiger partial charge in [0.15, 0.2) is 0 Å². The zero-order valence-electron chi connectivity index (χ0n) is 17.1. The standard InChI is InChI=1S/C21H27N5O2.2ClH/c1-25(12-18-15-4-2-3-5-17(15)23-24-18)20(27)16-6-7-19-14-8-13(9-22-10-14)11-26(19)21(16)28;;/h6-7,13-14,22H,2-5,8-12H2,1H3,(H,23,24);2*1H/t13-,14+;;/m0../s1. The van der Waals surface area contributed by atoms with E-state index in [9.17, 15) is 9.59 Å². The smallest absolute Gasteiger partial charge is 0.263 e. The van der Waals surface area contributed by atoms with Crippen molar-refractivity contribution in [2.45, 2.75) is 51.1 Å². The van der Waals surface area contributed by atoms with Gasteiger partial charge in [0.2, 0.25) is 0 Å². The lowest BCUT2D eigenvalue weighted by molar-refractivity contribution is 0.0780. The molecule has 1 saturated heterocycles. The Bertz CT molecular complexity index is 986. The molecule has 0 unspecified atom stereocenters. The van der Waals surface area contributed by atoms with Crippen molar-refractivity contribution in [2.24, 2.45) is 5.92 Å². The first-order valence-corrected chi connectivity index (χ1v) is 10.4. The number of hydrogen-bond donors (Lipinski definition) is 2. The number of aromatic amines is 1. The number of aryl methyl sites for hydroxylation is 1. The lowest BCUT2D eigenvalue weighted by atomic mass is 9.84. The Morgan fingerprint density at radius 1 is 1.23 bits per heavy atom. The van der Waals surface area contributed by atoms with E-state index in [1.54, 1.807) is 18.0 Å². The molecule has 9 heteroatoms. The van der Waals surface area contributed by atoms with Gasteiger partial charge in [0.25, 0.3) is 11.5 Å². The van der Waals surface area contributed by atoms with E-state index in [1.807, 2.05) is 10.6 Å². The van der Waals surface area contributed by atoms with Gasteiger partial charge < -0.3 is 14.8 Å². The van der Waals surface area contributed by atoms with Crippen LogP contribution in [0, 0.1) is 5.92 Å². The van der Waals surface area contributed by atoms with E-state index in [0.29, 0.717) is 24.9 Å². The van der Waals surface area contributed by atoms with Crippen molar-refractivity contribution in [3.05, 3.63) is 50.7 Å². The number of rotatable bonds is 3. The highest BCUT2D eigenvalue weighted by molar-refractivity contribution is 5.93. The second-order valence-electron chi connectivity index (χ2n) is 8.54. The first-order chi connectivity index (χ1) is 13.6. The van der Waals surface area contributed by atoms with Gasteiger partial charge in [0, 0.05) is 37.4 Å². The monoisotopic (exact) mass is 453 g/mol. The van der Waals surface area contributed by atoms with E-state index in [4.69, 9.17) is 0 Å². The molecule has 30 heavy (non-hydrogen) atoms. The van der Waals surface area contributed by atoms with Crippen molar-refractivity contribution in [2.75, 3.05) is 20.1 Å². The van der Waals surface area contributed by atoms with E-state index in [0.717, 1.165) is 43.7 Å². The number of amides is 1. The van der Waals surface area contributed by atoms with E-state index in [2.05, 4.69) is 15.5 Å². The summed E-state index contributed by atoms with van der Waals surface area (Å²) in [4.78, 5) is 27.8. The van der Waals surface area contributed by atoms with Crippen molar-refractivity contribution in [3.8, 4) is 0 Å². The second-order valence-corrected chi connectivity index (χ2v) is 8.54. The number of nitrogens with one attached hydrogen (secondary N) is 2. The normalized spacial score (nSPS) is 21.5. The average molecular weight is 454 g/mol. The van der Waals surface area contributed by atoms with Crippen LogP contribution in [0.3, 0.4) is 0 Å². The highest BCUT2D eigenvalue weighted by Crippen LogP contribution is 2.31. The molecular formula is C21H29Cl2N5O2. The van der Waals surface area contributed by atoms with Crippen LogP contribution in [0.15, 0.2) is 16.9 Å². The molecule has 3 aliphatic rings. The van der Waals surface area contributed by atoms with Crippen LogP contribution < -0.4 is 10.9 Å². The van der Waals surface area contributed by atoms with Gasteiger partial charge in [-0.15, -0.1) is 24.8 Å². The van der Waals surface area contributed by atoms with Crippen molar-refractivity contribution < 1.29 is 4.79 Å². The number of pyridine rings is 1. The van der Waals surface area contributed by atoms with E-state index in [1.165, 1.54) is 24.1 Å². The molecule has 164 valence electrons. The topological polar surface area (TPSA) is 83.0 Å². The van der Waals surface area contributed by atoms with Gasteiger partial charge in [0.1, 0.15) is 5.56 Å². The minimum absolute atomic E-state index is 0. The lowest BCUT2D eigenvalue weighted by Gasteiger charge is -2.37. The zero-order valence-corrected chi connectivity index (χ0v) is 18.8. The van der Waals surface area contributed by atoms with Crippen LogP contribution in [0.4, 0.5) is 0 Å². The fourth-order valence-corrected chi connectivity index (χ4v) is 5.14. The van der Waals surface area contributed by atoms with Crippen LogP contribution in [0.5, 0.6) is 0 Å². The first-order valence-electron chi connectivity index (χ1n) is 10.4. The summed E-state index contributed by atoms with van der Waals surface area (Å²) in [5, 5.41) is 11.0. The Hall–Kier alpha value is -1.83. The van der Waals surface area contributed by atoms with E-state index in [-0.39, 0.29) is 41.8 Å². The van der Waals surface area contributed by atoms with Crippen molar-refractivity contribution in [3.63, 3.8) is 0 Å². The summed E-state index contributed by atoms with van der Waals surface area (Å²) >= 11 is 0. The number of nitrogens with zero attached hydrogens (tertiary/aromatic N) is 3. The van der Waals surface area contributed by atoms with Crippen molar-refractivity contribution >= 4 is 30.7 Å². The van der Waals surface area contributed by atoms with Crippen LogP contribution in [-0.2, 0) is 25.9 Å². The third kappa shape index (κ3) is 3.90. The van der Waals surface area contributed by atoms with Crippen molar-refractivity contribution in [1.29, 1.82) is 0 Å². The number of carbonyl (C=O) groups is 1. The Kier molecular flexibility index (Phi) is 6.95. The molecule has 2 N–H and O–H groups in total. The summed E-state index contributed by atoms with van der Waals surface area (Å²) in [7, 11) is 1.76. The predicted molar refractivity (Wildman–Crippen MR) is 120 cm³/mol. The Balaban J connectivity index is 0.00000128. The molecule has 0 spiro atoms. The van der Waals surface area contributed by atoms with Crippen LogP contribution in [0.1, 0.15) is 58.2 Å². The molecule has 2 atom stereocenters. The summed E-state index contributed by atoms with van der Waals surface area (Å²) in [5.74, 6) is 0.627. The van der Waals surface area contributed by atoms with E-state index < -0.39 is 0 Å². The Labute approximate surface area is 188 Å². The largest absolute Gasteiger partial charge is 0.336 e. The molecule has 0 radical (unpaired) electrons. The van der Waals surface area contributed by atoms with Gasteiger partial charge in [-0.1, -0.05) is 0 Å². The summed E-state index contributed by atoms with van der Waals surface area (Å²) < 4.78 is 1.84. The maximum absolute atomic E-state index is 13.1. The molecule has 1 amide bonds. The summed E-state index contributed by atoms with van der Waals surface area (Å²) in [5.41, 5.74) is 4.58. The van der Waals surface area contributed by atoms with Crippen LogP contribution in [-0.4, -0.2) is 45.7 Å². The summed E-state index contributed by atoms with van der Waals surface area (Å²) in [6.07, 6.45) is 5.53. The molecule has 2 aromatic heterocycles. The molecule has 2 bridgehead atoms. The molecular weight excluding hydrogens is 425 g/mol. The quantitative estimate of drug-likeness (QED) is 0.746. The minimum atomic E-state index is -0.221. The summed E-state index contributed by atoms with van der Waals surface area (Å²) in [6, 6.07) is 3.70. The highest BCUT2D eigenvalue weighted by Gasteiger charge is 2.32. The third-order valence-electron chi connectivity index (χ3n) is 6.61. The molecule has 1 fully saturated rings. The maximum atomic E-state index is 13.1. The molecule has 0 saturated carbocycles. The summed E-state index contributed by atoms with van der Waals surface area (Å²) in [6.45, 7) is 2.99. The van der Waals surface area contributed by atoms with Gasteiger partial charge in [-0.3, -0.25) is 14.7 Å². The predicted octanol–water partition coefficient (Wildman–Crippen LogP) is 2.27. The first kappa shape index (κ1) is 22.8. The second kappa shape index (κ2) is 9.12. The highest BCUT2D eigenvalue weighted by atomic mass is 35.5. The van der Waals surface area contributed by atoms with Gasteiger partial charge in [0.05, 0.1) is 12.2 Å². The number of aromatic nitrogens is 3. The lowest BCUT2D eigenvalue weighted by Crippen LogP contribution is -2.46. The number of halogens is 2. The molecule has 1 aliphatic carbocycles. The van der Waals surface area contributed by atoms with Gasteiger partial charge in [-0.05, 0) is 62.3 Å². The number of piperidine rings is 1. The number of hydrogen-bond acceptors (Lipinski definition) is 4. The van der Waals surface area contributed by atoms with Crippen LogP contribution >= 0.6 is 24.8 Å². The SMILES string of the molecule is CN(Cc1n[nH]c2c1CCCC2)C(=O)c1ccc2n(c1=O)C[C@@H]1CNC[C@H]2C1.Cl.Cl. The fourth-order valence-electron chi connectivity index (χ4n) is 5.14. The van der Waals surface area contributed by atoms with Gasteiger partial charge >= 0.3 is 0 Å². The van der Waals surface area contributed by atoms with Crippen LogP contribution in [0.2, 0.25) is 0 Å². The van der Waals surface area contributed by atoms with Gasteiger partial charge in [-0.25, -0.2) is 0 Å². The zero-order chi connectivity index (χ0) is 19.3. The number of carbonyl (C=O) groups excluding carboxylic acids is 1. The molecule has 2 aliphatic heterocycles. The minimum Gasteiger partial charge on any atom is -0.336 e. The number of fused-ring (bicyclic) bond motifs is 5. The third-order valence-corrected chi connectivity index (χ3v) is 6.61. The molecule has 5 rings (SSSR count). The fraction of sp³-hybridized carbons (Fsp3) is 0.571. The Morgan fingerprint density at radius 2 is 2.03 bits per heavy atom. The molecule has 7 nitrogen and oxygen atoms in total.